The van der Waals surface area contributed by atoms with Crippen molar-refractivity contribution in [3.05, 3.63) is 47.4 Å². The molecule has 0 saturated heterocycles. The lowest BCUT2D eigenvalue weighted by Crippen LogP contribution is -2.23. The fraction of sp³-hybridized carbons (Fsp3) is 0.143. The first-order valence-corrected chi connectivity index (χ1v) is 7.97. The van der Waals surface area contributed by atoms with Crippen LogP contribution in [0.15, 0.2) is 41.8 Å². The number of carbonyl (C=O) groups is 1. The van der Waals surface area contributed by atoms with Crippen LogP contribution in [0.1, 0.15) is 10.4 Å². The predicted molar refractivity (Wildman–Crippen MR) is 79.0 cm³/mol. The van der Waals surface area contributed by atoms with Gasteiger partial charge in [0.05, 0.1) is 17.3 Å². The standard InChI is InChI=1S/C14H12N2O4S/c17-14(18)11-7-9-3-1-2-4-12(9)16-13(11)15-10-5-6-21(19,20)8-10/h1-7,10H,8H2,(H,15,16)(H,17,18). The van der Waals surface area contributed by atoms with Gasteiger partial charge in [0, 0.05) is 10.8 Å². The Morgan fingerprint density at radius 3 is 2.76 bits per heavy atom. The zero-order valence-electron chi connectivity index (χ0n) is 10.9. The molecule has 1 unspecified atom stereocenters. The van der Waals surface area contributed by atoms with Gasteiger partial charge in [-0.25, -0.2) is 18.2 Å². The minimum Gasteiger partial charge on any atom is -0.478 e. The largest absolute Gasteiger partial charge is 0.478 e. The van der Waals surface area contributed by atoms with Gasteiger partial charge >= 0.3 is 5.97 Å². The lowest BCUT2D eigenvalue weighted by atomic mass is 10.1. The first-order chi connectivity index (χ1) is 9.94. The Hall–Kier alpha value is -2.41. The van der Waals surface area contributed by atoms with E-state index in [-0.39, 0.29) is 17.1 Å². The summed E-state index contributed by atoms with van der Waals surface area (Å²) in [6, 6.07) is 8.21. The molecule has 0 aliphatic carbocycles. The Morgan fingerprint density at radius 2 is 2.10 bits per heavy atom. The van der Waals surface area contributed by atoms with E-state index in [9.17, 15) is 18.3 Å². The van der Waals surface area contributed by atoms with Gasteiger partial charge in [0.1, 0.15) is 11.4 Å². The number of nitrogens with one attached hydrogen (secondary N) is 1. The lowest BCUT2D eigenvalue weighted by molar-refractivity contribution is 0.0697. The number of hydrogen-bond donors (Lipinski definition) is 2. The number of rotatable bonds is 3. The molecule has 7 heteroatoms. The van der Waals surface area contributed by atoms with Gasteiger partial charge in [-0.1, -0.05) is 18.2 Å². The van der Waals surface area contributed by atoms with Crippen molar-refractivity contribution in [1.82, 2.24) is 4.98 Å². The highest BCUT2D eigenvalue weighted by atomic mass is 32.2. The molecule has 0 saturated carbocycles. The average Bonchev–Trinajstić information content (AvgIpc) is 2.77. The molecule has 2 aromatic rings. The first kappa shape index (κ1) is 13.6. The molecule has 1 aromatic heterocycles. The summed E-state index contributed by atoms with van der Waals surface area (Å²) in [6.45, 7) is 0. The number of hydrogen-bond acceptors (Lipinski definition) is 5. The van der Waals surface area contributed by atoms with Gasteiger partial charge < -0.3 is 10.4 Å². The lowest BCUT2D eigenvalue weighted by Gasteiger charge is -2.13. The minimum atomic E-state index is -3.21. The molecular formula is C14H12N2O4S. The molecule has 3 rings (SSSR count). The van der Waals surface area contributed by atoms with Crippen LogP contribution in [0.5, 0.6) is 0 Å². The van der Waals surface area contributed by atoms with Crippen LogP contribution in [-0.2, 0) is 9.84 Å². The molecule has 2 heterocycles. The van der Waals surface area contributed by atoms with Crippen LogP contribution in [0.4, 0.5) is 5.82 Å². The maximum Gasteiger partial charge on any atom is 0.339 e. The number of pyridine rings is 1. The molecular weight excluding hydrogens is 292 g/mol. The zero-order chi connectivity index (χ0) is 15.0. The van der Waals surface area contributed by atoms with Crippen LogP contribution in [0.3, 0.4) is 0 Å². The van der Waals surface area contributed by atoms with Crippen LogP contribution in [0.25, 0.3) is 10.9 Å². The number of benzene rings is 1. The van der Waals surface area contributed by atoms with E-state index in [1.165, 1.54) is 12.1 Å². The second kappa shape index (κ2) is 4.85. The van der Waals surface area contributed by atoms with Crippen LogP contribution < -0.4 is 5.32 Å². The van der Waals surface area contributed by atoms with Gasteiger partial charge in [-0.05, 0) is 18.2 Å². The predicted octanol–water partition coefficient (Wildman–Crippen LogP) is 1.66. The monoisotopic (exact) mass is 304 g/mol. The number of aromatic nitrogens is 1. The molecule has 1 aliphatic heterocycles. The Morgan fingerprint density at radius 1 is 1.33 bits per heavy atom. The van der Waals surface area contributed by atoms with Crippen molar-refractivity contribution in [3.8, 4) is 0 Å². The SMILES string of the molecule is O=C(O)c1cc2ccccc2nc1NC1C=CS(=O)(=O)C1. The average molecular weight is 304 g/mol. The number of fused-ring (bicyclic) bond motifs is 1. The van der Waals surface area contributed by atoms with Crippen LogP contribution in [-0.4, -0.2) is 36.3 Å². The van der Waals surface area contributed by atoms with Gasteiger partial charge in [-0.15, -0.1) is 0 Å². The molecule has 0 amide bonds. The molecule has 0 radical (unpaired) electrons. The van der Waals surface area contributed by atoms with Crippen LogP contribution >= 0.6 is 0 Å². The third kappa shape index (κ3) is 2.73. The van der Waals surface area contributed by atoms with Gasteiger partial charge in [0.15, 0.2) is 9.84 Å². The smallest absolute Gasteiger partial charge is 0.339 e. The molecule has 0 fully saturated rings. The molecule has 1 aliphatic rings. The van der Waals surface area contributed by atoms with Crippen molar-refractivity contribution in [2.75, 3.05) is 11.1 Å². The van der Waals surface area contributed by atoms with E-state index in [2.05, 4.69) is 10.3 Å². The van der Waals surface area contributed by atoms with Gasteiger partial charge in [-0.3, -0.25) is 0 Å². The van der Waals surface area contributed by atoms with Crippen molar-refractivity contribution in [2.45, 2.75) is 6.04 Å². The van der Waals surface area contributed by atoms with Gasteiger partial charge in [-0.2, -0.15) is 0 Å². The minimum absolute atomic E-state index is 0.0198. The van der Waals surface area contributed by atoms with E-state index in [1.54, 1.807) is 24.3 Å². The topological polar surface area (TPSA) is 96.4 Å². The summed E-state index contributed by atoms with van der Waals surface area (Å²) in [4.78, 5) is 15.6. The van der Waals surface area contributed by atoms with E-state index in [1.807, 2.05) is 0 Å². The van der Waals surface area contributed by atoms with Crippen molar-refractivity contribution >= 4 is 32.5 Å². The van der Waals surface area contributed by atoms with Gasteiger partial charge in [0.2, 0.25) is 0 Å². The zero-order valence-corrected chi connectivity index (χ0v) is 11.7. The highest BCUT2D eigenvalue weighted by molar-refractivity contribution is 7.94. The molecule has 0 bridgehead atoms. The van der Waals surface area contributed by atoms with E-state index < -0.39 is 21.8 Å². The molecule has 1 aromatic carbocycles. The Bertz CT molecular complexity index is 858. The van der Waals surface area contributed by atoms with E-state index in [4.69, 9.17) is 0 Å². The second-order valence-electron chi connectivity index (χ2n) is 4.79. The van der Waals surface area contributed by atoms with Crippen molar-refractivity contribution < 1.29 is 18.3 Å². The van der Waals surface area contributed by atoms with Crippen molar-refractivity contribution in [2.24, 2.45) is 0 Å². The quantitative estimate of drug-likeness (QED) is 0.895. The van der Waals surface area contributed by atoms with Crippen LogP contribution in [0, 0.1) is 0 Å². The highest BCUT2D eigenvalue weighted by Crippen LogP contribution is 2.22. The normalized spacial score (nSPS) is 19.7. The maximum atomic E-state index is 11.4. The van der Waals surface area contributed by atoms with Gasteiger partial charge in [0.25, 0.3) is 0 Å². The summed E-state index contributed by atoms with van der Waals surface area (Å²) >= 11 is 0. The Balaban J connectivity index is 2.02. The van der Waals surface area contributed by atoms with E-state index in [0.29, 0.717) is 5.52 Å². The van der Waals surface area contributed by atoms with Crippen molar-refractivity contribution in [3.63, 3.8) is 0 Å². The molecule has 2 N–H and O–H groups in total. The number of carboxylic acid groups (broad SMARTS) is 1. The molecule has 21 heavy (non-hydrogen) atoms. The number of para-hydroxylation sites is 1. The number of aromatic carboxylic acids is 1. The Labute approximate surface area is 121 Å². The Kier molecular flexibility index (Phi) is 3.13. The molecule has 0 spiro atoms. The summed E-state index contributed by atoms with van der Waals surface area (Å²) < 4.78 is 22.8. The third-order valence-corrected chi connectivity index (χ3v) is 4.60. The van der Waals surface area contributed by atoms with E-state index in [0.717, 1.165) is 10.8 Å². The summed E-state index contributed by atoms with van der Waals surface area (Å²) in [5, 5.41) is 14.0. The molecule has 1 atom stereocenters. The summed E-state index contributed by atoms with van der Waals surface area (Å²) in [6.07, 6.45) is 1.50. The highest BCUT2D eigenvalue weighted by Gasteiger charge is 2.23. The third-order valence-electron chi connectivity index (χ3n) is 3.21. The fourth-order valence-corrected chi connectivity index (χ4v) is 3.47. The number of sulfone groups is 1. The molecule has 6 nitrogen and oxygen atoms in total. The van der Waals surface area contributed by atoms with Crippen LogP contribution in [0.2, 0.25) is 0 Å². The fourth-order valence-electron chi connectivity index (χ4n) is 2.23. The summed E-state index contributed by atoms with van der Waals surface area (Å²) in [5.41, 5.74) is 0.668. The summed E-state index contributed by atoms with van der Waals surface area (Å²) in [7, 11) is -3.21. The number of anilines is 1. The maximum absolute atomic E-state index is 11.4. The first-order valence-electron chi connectivity index (χ1n) is 6.25. The molecule has 108 valence electrons. The van der Waals surface area contributed by atoms with Crippen molar-refractivity contribution in [1.29, 1.82) is 0 Å². The number of nitrogens with zero attached hydrogens (tertiary/aromatic N) is 1. The number of carboxylic acids is 1. The second-order valence-corrected chi connectivity index (χ2v) is 6.72. The van der Waals surface area contributed by atoms with E-state index >= 15 is 0 Å². The summed E-state index contributed by atoms with van der Waals surface area (Å²) in [5.74, 6) is -1.03.